The number of likely N-dealkylation sites (N-methyl/N-ethyl adjacent to an activating group) is 1. The normalized spacial score (nSPS) is 10.8. The van der Waals surface area contributed by atoms with Crippen molar-refractivity contribution >= 4 is 44.9 Å². The number of hydrogen-bond acceptors (Lipinski definition) is 5. The SMILES string of the molecule is Cc1cc2c(N(C)CC(N)=O)nc(Cl)nc2s1. The Labute approximate surface area is 107 Å². The minimum Gasteiger partial charge on any atom is -0.368 e. The molecule has 0 saturated carbocycles. The van der Waals surface area contributed by atoms with Gasteiger partial charge in [-0.1, -0.05) is 0 Å². The summed E-state index contributed by atoms with van der Waals surface area (Å²) in [6, 6.07) is 1.98. The number of hydrogen-bond donors (Lipinski definition) is 1. The molecule has 2 aromatic rings. The van der Waals surface area contributed by atoms with Crippen molar-refractivity contribution in [2.45, 2.75) is 6.92 Å². The summed E-state index contributed by atoms with van der Waals surface area (Å²) in [6.45, 7) is 2.08. The second kappa shape index (κ2) is 4.46. The van der Waals surface area contributed by atoms with Crippen LogP contribution in [0.2, 0.25) is 5.28 Å². The molecule has 0 aliphatic carbocycles. The summed E-state index contributed by atoms with van der Waals surface area (Å²) in [5, 5.41) is 1.06. The van der Waals surface area contributed by atoms with Gasteiger partial charge in [0.2, 0.25) is 11.2 Å². The molecule has 2 rings (SSSR count). The van der Waals surface area contributed by atoms with E-state index in [1.54, 1.807) is 11.9 Å². The van der Waals surface area contributed by atoms with Crippen LogP contribution in [0.5, 0.6) is 0 Å². The van der Waals surface area contributed by atoms with Crippen LogP contribution < -0.4 is 10.6 Å². The fraction of sp³-hybridized carbons (Fsp3) is 0.300. The summed E-state index contributed by atoms with van der Waals surface area (Å²) in [7, 11) is 1.75. The quantitative estimate of drug-likeness (QED) is 0.860. The van der Waals surface area contributed by atoms with E-state index in [0.29, 0.717) is 5.82 Å². The van der Waals surface area contributed by atoms with Gasteiger partial charge < -0.3 is 10.6 Å². The highest BCUT2D eigenvalue weighted by atomic mass is 35.5. The molecule has 2 aromatic heterocycles. The number of aryl methyl sites for hydroxylation is 1. The maximum absolute atomic E-state index is 10.9. The molecule has 0 aromatic carbocycles. The number of nitrogens with zero attached hydrogens (tertiary/aromatic N) is 3. The second-order valence-electron chi connectivity index (χ2n) is 3.71. The van der Waals surface area contributed by atoms with E-state index in [1.165, 1.54) is 11.3 Å². The Morgan fingerprint density at radius 2 is 2.29 bits per heavy atom. The molecule has 0 unspecified atom stereocenters. The molecule has 0 radical (unpaired) electrons. The van der Waals surface area contributed by atoms with Gasteiger partial charge in [-0.15, -0.1) is 11.3 Å². The first-order valence-electron chi connectivity index (χ1n) is 4.90. The van der Waals surface area contributed by atoms with Crippen molar-refractivity contribution in [1.29, 1.82) is 0 Å². The molecule has 0 aliphatic rings. The Bertz CT molecular complexity index is 583. The van der Waals surface area contributed by atoms with E-state index in [1.807, 2.05) is 13.0 Å². The average Bonchev–Trinajstić information content (AvgIpc) is 2.55. The number of amides is 1. The number of halogens is 1. The Kier molecular flexibility index (Phi) is 3.17. The monoisotopic (exact) mass is 270 g/mol. The molecule has 1 amide bonds. The summed E-state index contributed by atoms with van der Waals surface area (Å²) in [5.74, 6) is 0.213. The van der Waals surface area contributed by atoms with Crippen molar-refractivity contribution in [3.63, 3.8) is 0 Å². The van der Waals surface area contributed by atoms with Gasteiger partial charge in [-0.05, 0) is 24.6 Å². The minimum atomic E-state index is -0.415. The molecule has 0 bridgehead atoms. The van der Waals surface area contributed by atoms with Crippen molar-refractivity contribution in [3.8, 4) is 0 Å². The fourth-order valence-electron chi connectivity index (χ4n) is 1.60. The van der Waals surface area contributed by atoms with Gasteiger partial charge in [0.25, 0.3) is 0 Å². The Morgan fingerprint density at radius 3 is 2.94 bits per heavy atom. The predicted molar refractivity (Wildman–Crippen MR) is 69.6 cm³/mol. The highest BCUT2D eigenvalue weighted by molar-refractivity contribution is 7.18. The number of nitrogens with two attached hydrogens (primary N) is 1. The Morgan fingerprint density at radius 1 is 1.59 bits per heavy atom. The molecule has 90 valence electrons. The number of rotatable bonds is 3. The Hall–Kier alpha value is -1.40. The van der Waals surface area contributed by atoms with E-state index in [0.717, 1.165) is 15.1 Å². The topological polar surface area (TPSA) is 72.1 Å². The molecular formula is C10H11ClN4OS. The van der Waals surface area contributed by atoms with E-state index in [-0.39, 0.29) is 11.8 Å². The van der Waals surface area contributed by atoms with E-state index in [9.17, 15) is 4.79 Å². The summed E-state index contributed by atoms with van der Waals surface area (Å²) in [5.41, 5.74) is 5.16. The molecule has 17 heavy (non-hydrogen) atoms. The third-order valence-electron chi connectivity index (χ3n) is 2.22. The second-order valence-corrected chi connectivity index (χ2v) is 5.29. The van der Waals surface area contributed by atoms with Crippen LogP contribution in [0.4, 0.5) is 5.82 Å². The molecule has 5 nitrogen and oxygen atoms in total. The smallest absolute Gasteiger partial charge is 0.236 e. The number of carbonyl (C=O) groups excluding carboxylic acids is 1. The van der Waals surface area contributed by atoms with Crippen molar-refractivity contribution < 1.29 is 4.79 Å². The van der Waals surface area contributed by atoms with Crippen LogP contribution in [-0.2, 0) is 4.79 Å². The molecule has 2 N–H and O–H groups in total. The number of carbonyl (C=O) groups is 1. The molecule has 0 spiro atoms. The van der Waals surface area contributed by atoms with Gasteiger partial charge in [0.1, 0.15) is 10.6 Å². The van der Waals surface area contributed by atoms with Gasteiger partial charge >= 0.3 is 0 Å². The number of anilines is 1. The van der Waals surface area contributed by atoms with Crippen LogP contribution in [0, 0.1) is 6.92 Å². The molecule has 0 fully saturated rings. The number of primary amides is 1. The van der Waals surface area contributed by atoms with Gasteiger partial charge in [0.15, 0.2) is 0 Å². The first kappa shape index (κ1) is 12.1. The van der Waals surface area contributed by atoms with E-state index < -0.39 is 5.91 Å². The summed E-state index contributed by atoms with van der Waals surface area (Å²) in [4.78, 5) is 22.8. The lowest BCUT2D eigenvalue weighted by molar-refractivity contribution is -0.116. The maximum atomic E-state index is 10.9. The standard InChI is InChI=1S/C10H11ClN4OS/c1-5-3-6-8(15(2)4-7(12)16)13-10(11)14-9(6)17-5/h3H,4H2,1-2H3,(H2,12,16). The number of fused-ring (bicyclic) bond motifs is 1. The zero-order chi connectivity index (χ0) is 12.6. The van der Waals surface area contributed by atoms with Crippen molar-refractivity contribution in [1.82, 2.24) is 9.97 Å². The maximum Gasteiger partial charge on any atom is 0.236 e. The first-order valence-corrected chi connectivity index (χ1v) is 6.10. The molecule has 0 saturated heterocycles. The van der Waals surface area contributed by atoms with Gasteiger partial charge in [-0.3, -0.25) is 4.79 Å². The molecule has 0 atom stereocenters. The molecule has 0 aliphatic heterocycles. The predicted octanol–water partition coefficient (Wildman–Crippen LogP) is 1.57. The van der Waals surface area contributed by atoms with Crippen LogP contribution in [-0.4, -0.2) is 29.5 Å². The van der Waals surface area contributed by atoms with Gasteiger partial charge in [-0.25, -0.2) is 4.98 Å². The highest BCUT2D eigenvalue weighted by Crippen LogP contribution is 2.30. The van der Waals surface area contributed by atoms with Crippen molar-refractivity contribution in [2.75, 3.05) is 18.5 Å². The van der Waals surface area contributed by atoms with Crippen molar-refractivity contribution in [3.05, 3.63) is 16.2 Å². The van der Waals surface area contributed by atoms with Gasteiger partial charge in [-0.2, -0.15) is 4.98 Å². The number of thiophene rings is 1. The minimum absolute atomic E-state index is 0.0946. The summed E-state index contributed by atoms with van der Waals surface area (Å²) >= 11 is 7.39. The first-order chi connectivity index (χ1) is 7.97. The van der Waals surface area contributed by atoms with Crippen LogP contribution in [0.15, 0.2) is 6.07 Å². The van der Waals surface area contributed by atoms with Crippen LogP contribution in [0.25, 0.3) is 10.2 Å². The van der Waals surface area contributed by atoms with Crippen molar-refractivity contribution in [2.24, 2.45) is 5.73 Å². The third kappa shape index (κ3) is 2.48. The van der Waals surface area contributed by atoms with Gasteiger partial charge in [0.05, 0.1) is 11.9 Å². The van der Waals surface area contributed by atoms with Gasteiger partial charge in [0, 0.05) is 11.9 Å². The molecular weight excluding hydrogens is 260 g/mol. The van der Waals surface area contributed by atoms with Crippen LogP contribution in [0.1, 0.15) is 4.88 Å². The summed E-state index contributed by atoms with van der Waals surface area (Å²) in [6.07, 6.45) is 0. The molecule has 7 heteroatoms. The lowest BCUT2D eigenvalue weighted by Crippen LogP contribution is -2.31. The average molecular weight is 271 g/mol. The Balaban J connectivity index is 2.54. The van der Waals surface area contributed by atoms with E-state index in [4.69, 9.17) is 17.3 Å². The zero-order valence-corrected chi connectivity index (χ0v) is 11.0. The molecule has 2 heterocycles. The lowest BCUT2D eigenvalue weighted by Gasteiger charge is -2.16. The number of aromatic nitrogens is 2. The highest BCUT2D eigenvalue weighted by Gasteiger charge is 2.14. The van der Waals surface area contributed by atoms with Crippen LogP contribution in [0.3, 0.4) is 0 Å². The lowest BCUT2D eigenvalue weighted by atomic mass is 10.3. The third-order valence-corrected chi connectivity index (χ3v) is 3.34. The van der Waals surface area contributed by atoms with Crippen LogP contribution >= 0.6 is 22.9 Å². The zero-order valence-electron chi connectivity index (χ0n) is 9.40. The van der Waals surface area contributed by atoms with E-state index >= 15 is 0 Å². The van der Waals surface area contributed by atoms with E-state index in [2.05, 4.69) is 9.97 Å². The largest absolute Gasteiger partial charge is 0.368 e. The fourth-order valence-corrected chi connectivity index (χ4v) is 2.69. The summed E-state index contributed by atoms with van der Waals surface area (Å²) < 4.78 is 0.